The van der Waals surface area contributed by atoms with Gasteiger partial charge in [0.05, 0.1) is 12.1 Å². The molecule has 7 nitrogen and oxygen atoms in total. The number of H-pyrrole nitrogens is 1. The van der Waals surface area contributed by atoms with Crippen molar-refractivity contribution in [1.29, 1.82) is 0 Å². The lowest BCUT2D eigenvalue weighted by Gasteiger charge is -2.06. The zero-order chi connectivity index (χ0) is 20.9. The number of nitrogens with zero attached hydrogens (tertiary/aromatic N) is 2. The van der Waals surface area contributed by atoms with Gasteiger partial charge in [0, 0.05) is 36.7 Å². The summed E-state index contributed by atoms with van der Waals surface area (Å²) in [5.74, 6) is 0.594. The monoisotopic (exact) mass is 405 g/mol. The van der Waals surface area contributed by atoms with Gasteiger partial charge in [-0.15, -0.1) is 0 Å². The molecule has 1 amide bonds. The van der Waals surface area contributed by atoms with Gasteiger partial charge in [0.15, 0.2) is 5.82 Å². The maximum atomic E-state index is 13.5. The van der Waals surface area contributed by atoms with Gasteiger partial charge in [0.25, 0.3) is 5.91 Å². The lowest BCUT2D eigenvalue weighted by Crippen LogP contribution is -2.26. The highest BCUT2D eigenvalue weighted by molar-refractivity contribution is 5.96. The Morgan fingerprint density at radius 2 is 2.03 bits per heavy atom. The molecular formula is C22H20FN5O2. The Kier molecular flexibility index (Phi) is 5.67. The minimum Gasteiger partial charge on any atom is -0.383 e. The first kappa shape index (κ1) is 19.5. The number of methoxy groups -OCH3 is 1. The molecule has 0 bridgehead atoms. The van der Waals surface area contributed by atoms with Gasteiger partial charge in [-0.1, -0.05) is 18.2 Å². The SMILES string of the molecule is COCCNC(=O)c1cccc(-c2nc3c(Nc4cccc(F)c4)nccc3[nH]2)c1. The van der Waals surface area contributed by atoms with Gasteiger partial charge in [-0.05, 0) is 36.4 Å². The van der Waals surface area contributed by atoms with Crippen molar-refractivity contribution >= 4 is 28.4 Å². The molecule has 152 valence electrons. The largest absolute Gasteiger partial charge is 0.383 e. The number of aromatic amines is 1. The van der Waals surface area contributed by atoms with Crippen LogP contribution >= 0.6 is 0 Å². The summed E-state index contributed by atoms with van der Waals surface area (Å²) < 4.78 is 18.4. The number of carbonyl (C=O) groups excluding carboxylic acids is 1. The molecule has 0 aliphatic heterocycles. The Balaban J connectivity index is 1.63. The van der Waals surface area contributed by atoms with Crippen LogP contribution in [0.2, 0.25) is 0 Å². The van der Waals surface area contributed by atoms with Gasteiger partial charge >= 0.3 is 0 Å². The van der Waals surface area contributed by atoms with E-state index < -0.39 is 0 Å². The number of pyridine rings is 1. The molecule has 0 saturated heterocycles. The van der Waals surface area contributed by atoms with Crippen molar-refractivity contribution in [1.82, 2.24) is 20.3 Å². The highest BCUT2D eigenvalue weighted by Crippen LogP contribution is 2.27. The summed E-state index contributed by atoms with van der Waals surface area (Å²) in [5, 5.41) is 5.90. The van der Waals surface area contributed by atoms with Crippen LogP contribution in [-0.4, -0.2) is 41.1 Å². The molecule has 0 unspecified atom stereocenters. The van der Waals surface area contributed by atoms with E-state index in [0.717, 1.165) is 11.1 Å². The highest BCUT2D eigenvalue weighted by atomic mass is 19.1. The number of halogens is 1. The maximum Gasteiger partial charge on any atom is 0.251 e. The molecule has 0 aliphatic rings. The molecule has 30 heavy (non-hydrogen) atoms. The molecule has 2 heterocycles. The molecule has 4 rings (SSSR count). The van der Waals surface area contributed by atoms with E-state index in [4.69, 9.17) is 4.74 Å². The fourth-order valence-electron chi connectivity index (χ4n) is 3.04. The second-order valence-electron chi connectivity index (χ2n) is 6.61. The van der Waals surface area contributed by atoms with Crippen molar-refractivity contribution in [3.63, 3.8) is 0 Å². The van der Waals surface area contributed by atoms with E-state index in [1.54, 1.807) is 43.6 Å². The highest BCUT2D eigenvalue weighted by Gasteiger charge is 2.12. The second-order valence-corrected chi connectivity index (χ2v) is 6.61. The van der Waals surface area contributed by atoms with Crippen LogP contribution < -0.4 is 10.6 Å². The number of rotatable bonds is 7. The summed E-state index contributed by atoms with van der Waals surface area (Å²) in [6, 6.07) is 15.1. The zero-order valence-corrected chi connectivity index (χ0v) is 16.3. The minimum atomic E-state index is -0.338. The van der Waals surface area contributed by atoms with E-state index in [2.05, 4.69) is 25.6 Å². The number of ether oxygens (including phenoxy) is 1. The molecule has 0 fully saturated rings. The first-order chi connectivity index (χ1) is 14.6. The van der Waals surface area contributed by atoms with Crippen molar-refractivity contribution < 1.29 is 13.9 Å². The number of carbonyl (C=O) groups is 1. The summed E-state index contributed by atoms with van der Waals surface area (Å²) in [6.45, 7) is 0.883. The van der Waals surface area contributed by atoms with Crippen molar-refractivity contribution in [2.45, 2.75) is 0 Å². The fourth-order valence-corrected chi connectivity index (χ4v) is 3.04. The van der Waals surface area contributed by atoms with Gasteiger partial charge < -0.3 is 20.4 Å². The average Bonchev–Trinajstić information content (AvgIpc) is 3.20. The summed E-state index contributed by atoms with van der Waals surface area (Å²) in [6.07, 6.45) is 1.64. The number of imidazole rings is 1. The third kappa shape index (κ3) is 4.28. The molecule has 0 aliphatic carbocycles. The summed E-state index contributed by atoms with van der Waals surface area (Å²) in [4.78, 5) is 24.5. The molecule has 0 spiro atoms. The van der Waals surface area contributed by atoms with E-state index in [1.807, 2.05) is 12.1 Å². The molecule has 3 N–H and O–H groups in total. The Morgan fingerprint density at radius 1 is 1.17 bits per heavy atom. The van der Waals surface area contributed by atoms with Crippen LogP contribution in [0.1, 0.15) is 10.4 Å². The summed E-state index contributed by atoms with van der Waals surface area (Å²) >= 11 is 0. The number of fused-ring (bicyclic) bond motifs is 1. The Bertz CT molecular complexity index is 1190. The molecule has 2 aromatic heterocycles. The molecule has 8 heteroatoms. The number of hydrogen-bond acceptors (Lipinski definition) is 5. The maximum absolute atomic E-state index is 13.5. The quantitative estimate of drug-likeness (QED) is 0.406. The van der Waals surface area contributed by atoms with Crippen LogP contribution in [0.15, 0.2) is 60.8 Å². The minimum absolute atomic E-state index is 0.180. The number of anilines is 2. The van der Waals surface area contributed by atoms with Crippen LogP contribution in [0, 0.1) is 5.82 Å². The Morgan fingerprint density at radius 3 is 2.87 bits per heavy atom. The van der Waals surface area contributed by atoms with E-state index in [0.29, 0.717) is 41.6 Å². The second kappa shape index (κ2) is 8.71. The number of aromatic nitrogens is 3. The van der Waals surface area contributed by atoms with Crippen molar-refractivity contribution in [3.8, 4) is 11.4 Å². The predicted molar refractivity (Wildman–Crippen MR) is 113 cm³/mol. The molecule has 0 radical (unpaired) electrons. The van der Waals surface area contributed by atoms with Crippen molar-refractivity contribution in [2.75, 3.05) is 25.6 Å². The van der Waals surface area contributed by atoms with Gasteiger partial charge in [0.1, 0.15) is 17.2 Å². The van der Waals surface area contributed by atoms with Gasteiger partial charge in [0.2, 0.25) is 0 Å². The number of nitrogens with one attached hydrogen (secondary N) is 3. The fraction of sp³-hybridized carbons (Fsp3) is 0.136. The molecule has 0 atom stereocenters. The van der Waals surface area contributed by atoms with Gasteiger partial charge in [-0.2, -0.15) is 0 Å². The molecule has 4 aromatic rings. The topological polar surface area (TPSA) is 91.9 Å². The third-order valence-corrected chi connectivity index (χ3v) is 4.48. The predicted octanol–water partition coefficient (Wildman–Crippen LogP) is 3.88. The summed E-state index contributed by atoms with van der Waals surface area (Å²) in [7, 11) is 1.58. The van der Waals surface area contributed by atoms with E-state index >= 15 is 0 Å². The zero-order valence-electron chi connectivity index (χ0n) is 16.3. The lowest BCUT2D eigenvalue weighted by atomic mass is 10.1. The van der Waals surface area contributed by atoms with Crippen LogP contribution in [-0.2, 0) is 4.74 Å². The van der Waals surface area contributed by atoms with E-state index in [1.165, 1.54) is 12.1 Å². The van der Waals surface area contributed by atoms with Crippen molar-refractivity contribution in [3.05, 3.63) is 72.2 Å². The molecular weight excluding hydrogens is 385 g/mol. The van der Waals surface area contributed by atoms with E-state index in [9.17, 15) is 9.18 Å². The molecule has 0 saturated carbocycles. The summed E-state index contributed by atoms with van der Waals surface area (Å²) in [5.41, 5.74) is 3.26. The van der Waals surface area contributed by atoms with Crippen LogP contribution in [0.25, 0.3) is 22.4 Å². The average molecular weight is 405 g/mol. The van der Waals surface area contributed by atoms with E-state index in [-0.39, 0.29) is 11.7 Å². The smallest absolute Gasteiger partial charge is 0.251 e. The third-order valence-electron chi connectivity index (χ3n) is 4.48. The first-order valence-corrected chi connectivity index (χ1v) is 9.39. The standard InChI is InChI=1S/C22H20FN5O2/c1-30-11-10-25-22(29)15-5-2-4-14(12-15)20-27-18-8-9-24-21(19(18)28-20)26-17-7-3-6-16(23)13-17/h2-9,12-13H,10-11H2,1H3,(H,24,26)(H,25,29)(H,27,28). The first-order valence-electron chi connectivity index (χ1n) is 9.39. The normalized spacial score (nSPS) is 10.9. The van der Waals surface area contributed by atoms with Crippen LogP contribution in [0.5, 0.6) is 0 Å². The Labute approximate surface area is 172 Å². The molecule has 2 aromatic carbocycles. The lowest BCUT2D eigenvalue weighted by molar-refractivity contribution is 0.0937. The van der Waals surface area contributed by atoms with Gasteiger partial charge in [-0.3, -0.25) is 4.79 Å². The number of hydrogen-bond donors (Lipinski definition) is 3. The number of benzene rings is 2. The van der Waals surface area contributed by atoms with Crippen LogP contribution in [0.4, 0.5) is 15.9 Å². The Hall–Kier alpha value is -3.78. The number of amides is 1. The van der Waals surface area contributed by atoms with Gasteiger partial charge in [-0.25, -0.2) is 14.4 Å². The van der Waals surface area contributed by atoms with Crippen LogP contribution in [0.3, 0.4) is 0 Å². The van der Waals surface area contributed by atoms with Crippen molar-refractivity contribution in [2.24, 2.45) is 0 Å².